The lowest BCUT2D eigenvalue weighted by molar-refractivity contribution is 0.0830. The number of thiophene rings is 1. The number of halogens is 1. The Bertz CT molecular complexity index is 798. The van der Waals surface area contributed by atoms with Gasteiger partial charge in [0.1, 0.15) is 5.82 Å². The minimum absolute atomic E-state index is 0.148. The van der Waals surface area contributed by atoms with Gasteiger partial charge >= 0.3 is 0 Å². The molecule has 3 rings (SSSR count). The van der Waals surface area contributed by atoms with Gasteiger partial charge in [-0.1, -0.05) is 30.3 Å². The van der Waals surface area contributed by atoms with E-state index >= 15 is 0 Å². The first-order valence-electron chi connectivity index (χ1n) is 7.22. The van der Waals surface area contributed by atoms with E-state index in [1.54, 1.807) is 19.2 Å². The van der Waals surface area contributed by atoms with Crippen molar-refractivity contribution in [1.29, 1.82) is 0 Å². The van der Waals surface area contributed by atoms with Crippen LogP contribution in [0.2, 0.25) is 0 Å². The van der Waals surface area contributed by atoms with Gasteiger partial charge in [0.05, 0.1) is 11.0 Å². The molecule has 0 spiro atoms. The van der Waals surface area contributed by atoms with Gasteiger partial charge in [-0.25, -0.2) is 4.39 Å². The molecule has 1 unspecified atom stereocenters. The monoisotopic (exact) mass is 329 g/mol. The lowest BCUT2D eigenvalue weighted by Crippen LogP contribution is -2.28. The van der Waals surface area contributed by atoms with Crippen LogP contribution in [-0.4, -0.2) is 19.6 Å². The fourth-order valence-corrected chi connectivity index (χ4v) is 3.39. The minimum atomic E-state index is -0.385. The van der Waals surface area contributed by atoms with Gasteiger partial charge in [-0.15, -0.1) is 11.3 Å². The number of fused-ring (bicyclic) bond motifs is 1. The van der Waals surface area contributed by atoms with Gasteiger partial charge in [0.2, 0.25) is 0 Å². The molecule has 3 aromatic rings. The van der Waals surface area contributed by atoms with Crippen LogP contribution in [0, 0.1) is 5.82 Å². The zero-order valence-corrected chi connectivity index (χ0v) is 13.4. The summed E-state index contributed by atoms with van der Waals surface area (Å²) in [6.45, 7) is 0.285. The number of methoxy groups -OCH3 is 1. The Labute approximate surface area is 137 Å². The van der Waals surface area contributed by atoms with E-state index in [0.717, 1.165) is 10.1 Å². The molecule has 1 amide bonds. The van der Waals surface area contributed by atoms with Crippen LogP contribution >= 0.6 is 11.3 Å². The van der Waals surface area contributed by atoms with E-state index in [9.17, 15) is 9.18 Å². The molecule has 0 fully saturated rings. The molecule has 1 N–H and O–H groups in total. The van der Waals surface area contributed by atoms with E-state index in [0.29, 0.717) is 10.4 Å². The van der Waals surface area contributed by atoms with Gasteiger partial charge in [0.25, 0.3) is 5.91 Å². The van der Waals surface area contributed by atoms with Crippen LogP contribution in [-0.2, 0) is 4.74 Å². The summed E-state index contributed by atoms with van der Waals surface area (Å²) in [6, 6.07) is 15.9. The lowest BCUT2D eigenvalue weighted by Gasteiger charge is -2.16. The topological polar surface area (TPSA) is 38.3 Å². The van der Waals surface area contributed by atoms with Crippen LogP contribution in [0.4, 0.5) is 4.39 Å². The maximum Gasteiger partial charge on any atom is 0.261 e. The van der Waals surface area contributed by atoms with Crippen molar-refractivity contribution in [2.75, 3.05) is 13.7 Å². The zero-order chi connectivity index (χ0) is 16.2. The third-order valence-corrected chi connectivity index (χ3v) is 4.72. The summed E-state index contributed by atoms with van der Waals surface area (Å²) in [6.07, 6.45) is -0.385. The maximum absolute atomic E-state index is 13.3. The highest BCUT2D eigenvalue weighted by Crippen LogP contribution is 2.25. The number of nitrogens with one attached hydrogen (secondary N) is 1. The molecule has 1 heterocycles. The Hall–Kier alpha value is -2.24. The normalized spacial score (nSPS) is 12.3. The zero-order valence-electron chi connectivity index (χ0n) is 12.6. The molecular formula is C18H16FNO2S. The summed E-state index contributed by atoms with van der Waals surface area (Å²) in [5.74, 6) is -0.468. The lowest BCUT2D eigenvalue weighted by atomic mass is 10.1. The van der Waals surface area contributed by atoms with Crippen molar-refractivity contribution in [2.24, 2.45) is 0 Å². The highest BCUT2D eigenvalue weighted by molar-refractivity contribution is 7.20. The fourth-order valence-electron chi connectivity index (χ4n) is 2.41. The number of hydrogen-bond acceptors (Lipinski definition) is 3. The first-order chi connectivity index (χ1) is 11.2. The molecule has 1 aromatic heterocycles. The Morgan fingerprint density at radius 2 is 2.04 bits per heavy atom. The standard InChI is InChI=1S/C18H16FNO2S/c1-22-15(12-6-4-7-14(19)9-12)11-20-18(21)17-10-13-5-2-3-8-16(13)23-17/h2-10,15H,11H2,1H3,(H,20,21). The molecule has 3 nitrogen and oxygen atoms in total. The predicted octanol–water partition coefficient (Wildman–Crippen LogP) is 4.16. The molecule has 1 atom stereocenters. The number of rotatable bonds is 5. The second-order valence-electron chi connectivity index (χ2n) is 5.14. The molecule has 0 aliphatic carbocycles. The number of carbonyl (C=O) groups excluding carboxylic acids is 1. The predicted molar refractivity (Wildman–Crippen MR) is 90.3 cm³/mol. The van der Waals surface area contributed by atoms with Crippen molar-refractivity contribution < 1.29 is 13.9 Å². The van der Waals surface area contributed by atoms with Gasteiger partial charge in [0.15, 0.2) is 0 Å². The summed E-state index contributed by atoms with van der Waals surface area (Å²) in [7, 11) is 1.54. The molecule has 0 saturated heterocycles. The number of benzene rings is 2. The van der Waals surface area contributed by atoms with Crippen molar-refractivity contribution in [3.05, 3.63) is 70.9 Å². The highest BCUT2D eigenvalue weighted by atomic mass is 32.1. The first-order valence-corrected chi connectivity index (χ1v) is 8.04. The Balaban J connectivity index is 1.69. The first kappa shape index (κ1) is 15.6. The van der Waals surface area contributed by atoms with Crippen LogP contribution in [0.15, 0.2) is 54.6 Å². The molecule has 0 radical (unpaired) electrons. The van der Waals surface area contributed by atoms with Gasteiger partial charge in [-0.3, -0.25) is 4.79 Å². The second-order valence-corrected chi connectivity index (χ2v) is 6.22. The van der Waals surface area contributed by atoms with E-state index in [1.807, 2.05) is 30.3 Å². The Morgan fingerprint density at radius 1 is 1.22 bits per heavy atom. The summed E-state index contributed by atoms with van der Waals surface area (Å²) < 4.78 is 19.7. The Kier molecular flexibility index (Phi) is 4.69. The molecule has 118 valence electrons. The molecular weight excluding hydrogens is 313 g/mol. The number of ether oxygens (including phenoxy) is 1. The van der Waals surface area contributed by atoms with Gasteiger partial charge in [0, 0.05) is 18.4 Å². The SMILES string of the molecule is COC(CNC(=O)c1cc2ccccc2s1)c1cccc(F)c1. The summed E-state index contributed by atoms with van der Waals surface area (Å²) in [4.78, 5) is 13.0. The Morgan fingerprint density at radius 3 is 2.78 bits per heavy atom. The van der Waals surface area contributed by atoms with Gasteiger partial charge < -0.3 is 10.1 Å². The van der Waals surface area contributed by atoms with Crippen molar-refractivity contribution in [3.8, 4) is 0 Å². The second kappa shape index (κ2) is 6.89. The molecule has 0 saturated carbocycles. The average Bonchev–Trinajstić information content (AvgIpc) is 2.99. The molecule has 2 aromatic carbocycles. The third-order valence-electron chi connectivity index (χ3n) is 3.60. The van der Waals surface area contributed by atoms with Crippen LogP contribution in [0.5, 0.6) is 0 Å². The number of amides is 1. The van der Waals surface area contributed by atoms with Crippen molar-refractivity contribution in [1.82, 2.24) is 5.32 Å². The third kappa shape index (κ3) is 3.57. The van der Waals surface area contributed by atoms with Crippen LogP contribution in [0.25, 0.3) is 10.1 Å². The van der Waals surface area contributed by atoms with Crippen molar-refractivity contribution in [2.45, 2.75) is 6.10 Å². The van der Waals surface area contributed by atoms with Crippen molar-refractivity contribution >= 4 is 27.3 Å². The van der Waals surface area contributed by atoms with Gasteiger partial charge in [-0.2, -0.15) is 0 Å². The minimum Gasteiger partial charge on any atom is -0.375 e. The average molecular weight is 329 g/mol. The number of carbonyl (C=O) groups is 1. The summed E-state index contributed by atoms with van der Waals surface area (Å²) in [5, 5.41) is 3.90. The van der Waals surface area contributed by atoms with E-state index < -0.39 is 0 Å². The highest BCUT2D eigenvalue weighted by Gasteiger charge is 2.15. The molecule has 0 aliphatic heterocycles. The van der Waals surface area contributed by atoms with E-state index in [1.165, 1.54) is 23.5 Å². The van der Waals surface area contributed by atoms with Crippen LogP contribution in [0.1, 0.15) is 21.3 Å². The molecule has 23 heavy (non-hydrogen) atoms. The summed E-state index contributed by atoms with van der Waals surface area (Å²) >= 11 is 1.45. The van der Waals surface area contributed by atoms with Crippen LogP contribution < -0.4 is 5.32 Å². The largest absolute Gasteiger partial charge is 0.375 e. The fraction of sp³-hybridized carbons (Fsp3) is 0.167. The van der Waals surface area contributed by atoms with Crippen molar-refractivity contribution in [3.63, 3.8) is 0 Å². The molecule has 5 heteroatoms. The smallest absolute Gasteiger partial charge is 0.261 e. The van der Waals surface area contributed by atoms with E-state index in [2.05, 4.69) is 5.32 Å². The molecule has 0 bridgehead atoms. The maximum atomic E-state index is 13.3. The van der Waals surface area contributed by atoms with E-state index in [4.69, 9.17) is 4.74 Å². The molecule has 0 aliphatic rings. The van der Waals surface area contributed by atoms with Crippen LogP contribution in [0.3, 0.4) is 0 Å². The quantitative estimate of drug-likeness (QED) is 0.763. The number of hydrogen-bond donors (Lipinski definition) is 1. The van der Waals surface area contributed by atoms with E-state index in [-0.39, 0.29) is 24.4 Å². The van der Waals surface area contributed by atoms with Gasteiger partial charge in [-0.05, 0) is 35.2 Å². The summed E-state index contributed by atoms with van der Waals surface area (Å²) in [5.41, 5.74) is 0.698.